The van der Waals surface area contributed by atoms with Crippen LogP contribution >= 0.6 is 23.4 Å². The third-order valence-electron chi connectivity index (χ3n) is 5.79. The molecule has 1 aromatic heterocycles. The molecule has 3 aromatic rings. The highest BCUT2D eigenvalue weighted by molar-refractivity contribution is 8.00. The van der Waals surface area contributed by atoms with Gasteiger partial charge in [0.05, 0.1) is 29.0 Å². The minimum Gasteiger partial charge on any atom is -0.495 e. The molecule has 168 valence electrons. The van der Waals surface area contributed by atoms with Crippen LogP contribution in [-0.2, 0) is 4.79 Å². The number of thioether (sulfide) groups is 1. The SMILES string of the molecule is COc1ccc(Cl)cc1NC(=O)C(C)Sc1nc2ccccc2c(=O)n1C1CCCCC1. The summed E-state index contributed by atoms with van der Waals surface area (Å²) in [6.45, 7) is 1.81. The summed E-state index contributed by atoms with van der Waals surface area (Å²) in [5.74, 6) is 0.316. The van der Waals surface area contributed by atoms with E-state index in [-0.39, 0.29) is 17.5 Å². The van der Waals surface area contributed by atoms with Crippen LogP contribution < -0.4 is 15.6 Å². The monoisotopic (exact) mass is 471 g/mol. The molecule has 1 fully saturated rings. The Labute approximate surface area is 196 Å². The second kappa shape index (κ2) is 9.96. The smallest absolute Gasteiger partial charge is 0.262 e. The molecule has 1 aliphatic carbocycles. The quantitative estimate of drug-likeness (QED) is 0.369. The van der Waals surface area contributed by atoms with E-state index in [4.69, 9.17) is 21.3 Å². The van der Waals surface area contributed by atoms with E-state index in [2.05, 4.69) is 5.32 Å². The Hall–Kier alpha value is -2.51. The summed E-state index contributed by atoms with van der Waals surface area (Å²) in [5.41, 5.74) is 1.12. The lowest BCUT2D eigenvalue weighted by Crippen LogP contribution is -2.30. The van der Waals surface area contributed by atoms with Gasteiger partial charge >= 0.3 is 0 Å². The minimum atomic E-state index is -0.485. The Morgan fingerprint density at radius 2 is 1.97 bits per heavy atom. The maximum atomic E-state index is 13.4. The number of amides is 1. The number of para-hydroxylation sites is 1. The maximum Gasteiger partial charge on any atom is 0.262 e. The molecule has 0 saturated heterocycles. The second-order valence-electron chi connectivity index (χ2n) is 7.97. The molecule has 4 rings (SSSR count). The van der Waals surface area contributed by atoms with Crippen molar-refractivity contribution in [2.75, 3.05) is 12.4 Å². The maximum absolute atomic E-state index is 13.4. The number of aromatic nitrogens is 2. The van der Waals surface area contributed by atoms with E-state index in [1.54, 1.807) is 25.3 Å². The Morgan fingerprint density at radius 3 is 2.72 bits per heavy atom. The van der Waals surface area contributed by atoms with Crippen LogP contribution in [0.4, 0.5) is 5.69 Å². The second-order valence-corrected chi connectivity index (χ2v) is 9.72. The van der Waals surface area contributed by atoms with Gasteiger partial charge in [-0.25, -0.2) is 4.98 Å². The molecular formula is C24H26ClN3O3S. The summed E-state index contributed by atoms with van der Waals surface area (Å²) in [7, 11) is 1.54. The molecule has 1 unspecified atom stereocenters. The zero-order valence-electron chi connectivity index (χ0n) is 18.1. The highest BCUT2D eigenvalue weighted by Crippen LogP contribution is 2.33. The van der Waals surface area contributed by atoms with Gasteiger partial charge < -0.3 is 10.1 Å². The molecule has 1 saturated carbocycles. The van der Waals surface area contributed by atoms with Crippen molar-refractivity contribution in [1.82, 2.24) is 9.55 Å². The average Bonchev–Trinajstić information content (AvgIpc) is 2.80. The molecule has 1 atom stereocenters. The van der Waals surface area contributed by atoms with Crippen LogP contribution in [0.2, 0.25) is 5.02 Å². The van der Waals surface area contributed by atoms with E-state index in [9.17, 15) is 9.59 Å². The van der Waals surface area contributed by atoms with E-state index in [1.165, 1.54) is 18.2 Å². The Morgan fingerprint density at radius 1 is 1.22 bits per heavy atom. The number of hydrogen-bond acceptors (Lipinski definition) is 5. The first-order chi connectivity index (χ1) is 15.5. The molecule has 1 aliphatic rings. The van der Waals surface area contributed by atoms with Crippen molar-refractivity contribution in [3.8, 4) is 5.75 Å². The fraction of sp³-hybridized carbons (Fsp3) is 0.375. The predicted octanol–water partition coefficient (Wildman–Crippen LogP) is 5.68. The first-order valence-corrected chi connectivity index (χ1v) is 12.1. The first kappa shape index (κ1) is 22.7. The standard InChI is InChI=1S/C24H26ClN3O3S/c1-15(22(29)26-20-14-16(25)12-13-21(20)31-2)32-24-27-19-11-7-6-10-18(19)23(30)28(24)17-8-4-3-5-9-17/h6-7,10-15,17H,3-5,8-9H2,1-2H3,(H,26,29). The summed E-state index contributed by atoms with van der Waals surface area (Å²) in [6, 6.07) is 12.6. The van der Waals surface area contributed by atoms with Crippen molar-refractivity contribution in [1.29, 1.82) is 0 Å². The predicted molar refractivity (Wildman–Crippen MR) is 130 cm³/mol. The summed E-state index contributed by atoms with van der Waals surface area (Å²) >= 11 is 7.39. The number of anilines is 1. The molecule has 0 bridgehead atoms. The van der Waals surface area contributed by atoms with E-state index >= 15 is 0 Å². The highest BCUT2D eigenvalue weighted by atomic mass is 35.5. The molecule has 6 nitrogen and oxygen atoms in total. The number of carbonyl (C=O) groups excluding carboxylic acids is 1. The van der Waals surface area contributed by atoms with Gasteiger partial charge in [0, 0.05) is 11.1 Å². The topological polar surface area (TPSA) is 73.2 Å². The number of nitrogens with zero attached hydrogens (tertiary/aromatic N) is 2. The summed E-state index contributed by atoms with van der Waals surface area (Å²) in [4.78, 5) is 31.2. The van der Waals surface area contributed by atoms with Gasteiger partial charge in [-0.15, -0.1) is 0 Å². The molecule has 8 heteroatoms. The Kier molecular flexibility index (Phi) is 7.06. The lowest BCUT2D eigenvalue weighted by atomic mass is 9.95. The molecule has 0 spiro atoms. The number of rotatable bonds is 6. The van der Waals surface area contributed by atoms with E-state index in [0.29, 0.717) is 32.5 Å². The molecule has 0 aliphatic heterocycles. The minimum absolute atomic E-state index is 0.0332. The largest absolute Gasteiger partial charge is 0.495 e. The van der Waals surface area contributed by atoms with Crippen molar-refractivity contribution in [3.05, 3.63) is 57.8 Å². The molecule has 1 amide bonds. The number of fused-ring (bicyclic) bond motifs is 1. The van der Waals surface area contributed by atoms with Crippen molar-refractivity contribution in [2.45, 2.75) is 55.5 Å². The van der Waals surface area contributed by atoms with E-state index in [0.717, 1.165) is 25.7 Å². The number of nitrogens with one attached hydrogen (secondary N) is 1. The lowest BCUT2D eigenvalue weighted by molar-refractivity contribution is -0.115. The van der Waals surface area contributed by atoms with Crippen LogP contribution in [0.1, 0.15) is 45.1 Å². The zero-order chi connectivity index (χ0) is 22.7. The van der Waals surface area contributed by atoms with Gasteiger partial charge in [-0.3, -0.25) is 14.2 Å². The van der Waals surface area contributed by atoms with Crippen molar-refractivity contribution < 1.29 is 9.53 Å². The summed E-state index contributed by atoms with van der Waals surface area (Å²) in [5, 5.41) is 4.11. The van der Waals surface area contributed by atoms with Gasteiger partial charge in [-0.1, -0.05) is 54.8 Å². The number of carbonyl (C=O) groups is 1. The van der Waals surface area contributed by atoms with E-state index in [1.807, 2.05) is 35.8 Å². The summed E-state index contributed by atoms with van der Waals surface area (Å²) < 4.78 is 7.14. The third kappa shape index (κ3) is 4.79. The van der Waals surface area contributed by atoms with Crippen LogP contribution in [0.25, 0.3) is 10.9 Å². The Bertz CT molecular complexity index is 1190. The van der Waals surface area contributed by atoms with Crippen LogP contribution in [0.5, 0.6) is 5.75 Å². The first-order valence-electron chi connectivity index (χ1n) is 10.8. The van der Waals surface area contributed by atoms with Gasteiger partial charge in [-0.2, -0.15) is 0 Å². The third-order valence-corrected chi connectivity index (χ3v) is 7.09. The molecule has 1 heterocycles. The average molecular weight is 472 g/mol. The molecular weight excluding hydrogens is 446 g/mol. The normalized spacial score (nSPS) is 15.5. The van der Waals surface area contributed by atoms with Crippen LogP contribution in [-0.4, -0.2) is 27.8 Å². The van der Waals surface area contributed by atoms with Gasteiger partial charge in [0.1, 0.15) is 5.75 Å². The van der Waals surface area contributed by atoms with Crippen LogP contribution in [0.3, 0.4) is 0 Å². The number of halogens is 1. The van der Waals surface area contributed by atoms with Crippen LogP contribution in [0.15, 0.2) is 52.4 Å². The fourth-order valence-electron chi connectivity index (χ4n) is 4.09. The molecule has 1 N–H and O–H groups in total. The molecule has 0 radical (unpaired) electrons. The lowest BCUT2D eigenvalue weighted by Gasteiger charge is -2.26. The highest BCUT2D eigenvalue weighted by Gasteiger charge is 2.25. The van der Waals surface area contributed by atoms with Gasteiger partial charge in [0.15, 0.2) is 5.16 Å². The van der Waals surface area contributed by atoms with Gasteiger partial charge in [-0.05, 0) is 50.1 Å². The van der Waals surface area contributed by atoms with Gasteiger partial charge in [0.2, 0.25) is 5.91 Å². The number of methoxy groups -OCH3 is 1. The summed E-state index contributed by atoms with van der Waals surface area (Å²) in [6.07, 6.45) is 5.29. The Balaban J connectivity index is 1.65. The van der Waals surface area contributed by atoms with Gasteiger partial charge in [0.25, 0.3) is 5.56 Å². The molecule has 2 aromatic carbocycles. The van der Waals surface area contributed by atoms with E-state index < -0.39 is 5.25 Å². The zero-order valence-corrected chi connectivity index (χ0v) is 19.7. The van der Waals surface area contributed by atoms with Crippen molar-refractivity contribution in [3.63, 3.8) is 0 Å². The van der Waals surface area contributed by atoms with Crippen molar-refractivity contribution >= 4 is 45.9 Å². The number of hydrogen-bond donors (Lipinski definition) is 1. The van der Waals surface area contributed by atoms with Crippen molar-refractivity contribution in [2.24, 2.45) is 0 Å². The molecule has 32 heavy (non-hydrogen) atoms. The van der Waals surface area contributed by atoms with Crippen LogP contribution in [0, 0.1) is 0 Å². The number of ether oxygens (including phenoxy) is 1. The fourth-order valence-corrected chi connectivity index (χ4v) is 5.24. The number of benzene rings is 2.